The van der Waals surface area contributed by atoms with Crippen LogP contribution in [0.4, 0.5) is 4.79 Å². The molecule has 1 aliphatic rings. The number of carboxylic acids is 1. The molecule has 1 amide bonds. The van der Waals surface area contributed by atoms with Crippen LogP contribution in [0.25, 0.3) is 0 Å². The molecule has 1 aliphatic heterocycles. The van der Waals surface area contributed by atoms with E-state index in [9.17, 15) is 14.7 Å². The Morgan fingerprint density at radius 2 is 1.96 bits per heavy atom. The van der Waals surface area contributed by atoms with Crippen molar-refractivity contribution >= 4 is 12.1 Å². The minimum absolute atomic E-state index is 0.186. The van der Waals surface area contributed by atoms with Crippen molar-refractivity contribution in [1.82, 2.24) is 4.90 Å². The number of nitrogens with zero attached hydrogens (tertiary/aromatic N) is 1. The van der Waals surface area contributed by atoms with Gasteiger partial charge < -0.3 is 14.6 Å². The maximum atomic E-state index is 12.7. The van der Waals surface area contributed by atoms with Crippen LogP contribution in [0.3, 0.4) is 0 Å². The van der Waals surface area contributed by atoms with Gasteiger partial charge in [0.1, 0.15) is 11.1 Å². The van der Waals surface area contributed by atoms with Gasteiger partial charge in [0.25, 0.3) is 0 Å². The van der Waals surface area contributed by atoms with E-state index in [-0.39, 0.29) is 25.5 Å². The van der Waals surface area contributed by atoms with Gasteiger partial charge in [0.05, 0.1) is 19.3 Å². The number of carbonyl (C=O) groups is 2. The summed E-state index contributed by atoms with van der Waals surface area (Å²) in [5.74, 6) is -1.04. The highest BCUT2D eigenvalue weighted by molar-refractivity contribution is 5.85. The van der Waals surface area contributed by atoms with E-state index in [4.69, 9.17) is 9.47 Å². The van der Waals surface area contributed by atoms with Gasteiger partial charge in [0, 0.05) is 6.42 Å². The van der Waals surface area contributed by atoms with Gasteiger partial charge in [-0.1, -0.05) is 42.5 Å². The monoisotopic (exact) mass is 375 g/mol. The molecule has 148 valence electrons. The number of rotatable bonds is 6. The number of hydrogen-bond acceptors (Lipinski definition) is 4. The predicted octanol–water partition coefficient (Wildman–Crippen LogP) is 4.00. The Bertz CT molecular complexity index is 680. The Kier molecular flexibility index (Phi) is 6.65. The van der Waals surface area contributed by atoms with Crippen LogP contribution in [-0.2, 0) is 20.9 Å². The number of amides is 1. The molecule has 1 aromatic carbocycles. The SMILES string of the molecule is CC=CCC1(C(=O)O)CC(OCc2ccccc2)CN1C(=O)OC(C)(C)C. The van der Waals surface area contributed by atoms with Crippen molar-refractivity contribution in [3.8, 4) is 0 Å². The van der Waals surface area contributed by atoms with Gasteiger partial charge in [-0.15, -0.1) is 0 Å². The summed E-state index contributed by atoms with van der Waals surface area (Å²) in [5, 5.41) is 9.97. The van der Waals surface area contributed by atoms with E-state index >= 15 is 0 Å². The lowest BCUT2D eigenvalue weighted by Gasteiger charge is -2.34. The summed E-state index contributed by atoms with van der Waals surface area (Å²) in [4.78, 5) is 26.2. The number of carbonyl (C=O) groups excluding carboxylic acids is 1. The number of benzene rings is 1. The van der Waals surface area contributed by atoms with Crippen molar-refractivity contribution in [3.05, 3.63) is 48.0 Å². The van der Waals surface area contributed by atoms with Crippen molar-refractivity contribution in [2.24, 2.45) is 0 Å². The third-order valence-corrected chi connectivity index (χ3v) is 4.50. The van der Waals surface area contributed by atoms with E-state index in [2.05, 4.69) is 0 Å². The molecule has 0 bridgehead atoms. The first-order valence-electron chi connectivity index (χ1n) is 9.18. The highest BCUT2D eigenvalue weighted by Crippen LogP contribution is 2.36. The first-order valence-corrected chi connectivity index (χ1v) is 9.18. The van der Waals surface area contributed by atoms with Gasteiger partial charge in [-0.25, -0.2) is 9.59 Å². The molecule has 1 N–H and O–H groups in total. The van der Waals surface area contributed by atoms with Crippen molar-refractivity contribution in [2.75, 3.05) is 6.54 Å². The van der Waals surface area contributed by atoms with Gasteiger partial charge in [-0.05, 0) is 39.7 Å². The second-order valence-corrected chi connectivity index (χ2v) is 7.82. The Morgan fingerprint density at radius 1 is 1.30 bits per heavy atom. The van der Waals surface area contributed by atoms with Gasteiger partial charge in [-0.3, -0.25) is 4.90 Å². The van der Waals surface area contributed by atoms with E-state index in [0.717, 1.165) is 5.56 Å². The summed E-state index contributed by atoms with van der Waals surface area (Å²) >= 11 is 0. The van der Waals surface area contributed by atoms with Crippen molar-refractivity contribution < 1.29 is 24.2 Å². The summed E-state index contributed by atoms with van der Waals surface area (Å²) in [6, 6.07) is 9.67. The molecule has 2 rings (SSSR count). The van der Waals surface area contributed by atoms with Gasteiger partial charge >= 0.3 is 12.1 Å². The summed E-state index contributed by atoms with van der Waals surface area (Å²) in [5.41, 5.74) is -1.07. The summed E-state index contributed by atoms with van der Waals surface area (Å²) in [7, 11) is 0. The lowest BCUT2D eigenvalue weighted by Crippen LogP contribution is -2.54. The van der Waals surface area contributed by atoms with Crippen LogP contribution in [0.15, 0.2) is 42.5 Å². The first kappa shape index (κ1) is 21.0. The van der Waals surface area contributed by atoms with Gasteiger partial charge in [0.15, 0.2) is 0 Å². The van der Waals surface area contributed by atoms with E-state index in [0.29, 0.717) is 6.61 Å². The minimum atomic E-state index is -1.36. The van der Waals surface area contributed by atoms with E-state index in [1.165, 1.54) is 4.90 Å². The maximum Gasteiger partial charge on any atom is 0.411 e. The lowest BCUT2D eigenvalue weighted by molar-refractivity contribution is -0.149. The van der Waals surface area contributed by atoms with E-state index in [1.54, 1.807) is 32.9 Å². The van der Waals surface area contributed by atoms with Crippen molar-refractivity contribution in [3.63, 3.8) is 0 Å². The molecule has 27 heavy (non-hydrogen) atoms. The third-order valence-electron chi connectivity index (χ3n) is 4.50. The van der Waals surface area contributed by atoms with Crippen LogP contribution in [0.5, 0.6) is 0 Å². The van der Waals surface area contributed by atoms with Crippen LogP contribution in [0.1, 0.15) is 46.1 Å². The van der Waals surface area contributed by atoms with Crippen LogP contribution in [0.2, 0.25) is 0 Å². The molecule has 1 saturated heterocycles. The molecule has 1 heterocycles. The van der Waals surface area contributed by atoms with Gasteiger partial charge in [0.2, 0.25) is 0 Å². The Balaban J connectivity index is 2.21. The number of carboxylic acid groups (broad SMARTS) is 1. The fourth-order valence-corrected chi connectivity index (χ4v) is 3.19. The fourth-order valence-electron chi connectivity index (χ4n) is 3.19. The fraction of sp³-hybridized carbons (Fsp3) is 0.524. The maximum absolute atomic E-state index is 12.7. The Labute approximate surface area is 160 Å². The first-order chi connectivity index (χ1) is 12.7. The average Bonchev–Trinajstić information content (AvgIpc) is 2.98. The molecule has 0 spiro atoms. The highest BCUT2D eigenvalue weighted by atomic mass is 16.6. The highest BCUT2D eigenvalue weighted by Gasteiger charge is 2.54. The van der Waals surface area contributed by atoms with E-state index in [1.807, 2.05) is 37.3 Å². The second-order valence-electron chi connectivity index (χ2n) is 7.82. The zero-order chi connectivity index (χ0) is 20.1. The van der Waals surface area contributed by atoms with E-state index < -0.39 is 23.2 Å². The Morgan fingerprint density at radius 3 is 2.52 bits per heavy atom. The topological polar surface area (TPSA) is 76.1 Å². The van der Waals surface area contributed by atoms with Crippen LogP contribution in [-0.4, -0.2) is 45.9 Å². The predicted molar refractivity (Wildman–Crippen MR) is 102 cm³/mol. The minimum Gasteiger partial charge on any atom is -0.479 e. The molecule has 1 fully saturated rings. The second kappa shape index (κ2) is 8.57. The quantitative estimate of drug-likeness (QED) is 0.761. The molecule has 1 aromatic rings. The van der Waals surface area contributed by atoms with Crippen molar-refractivity contribution in [1.29, 1.82) is 0 Å². The zero-order valence-corrected chi connectivity index (χ0v) is 16.5. The molecular weight excluding hydrogens is 346 g/mol. The lowest BCUT2D eigenvalue weighted by atomic mass is 9.91. The molecule has 0 radical (unpaired) electrons. The molecular formula is C21H29NO5. The largest absolute Gasteiger partial charge is 0.479 e. The molecule has 6 heteroatoms. The molecule has 0 saturated carbocycles. The standard InChI is InChI=1S/C21H29NO5/c1-5-6-12-21(18(23)24)13-17(26-15-16-10-8-7-9-11-16)14-22(21)19(25)27-20(2,3)4/h5-11,17H,12-15H2,1-4H3,(H,23,24). The Hall–Kier alpha value is -2.34. The molecule has 0 aliphatic carbocycles. The van der Waals surface area contributed by atoms with Gasteiger partial charge in [-0.2, -0.15) is 0 Å². The smallest absolute Gasteiger partial charge is 0.411 e. The third kappa shape index (κ3) is 5.32. The van der Waals surface area contributed by atoms with Crippen LogP contribution >= 0.6 is 0 Å². The van der Waals surface area contributed by atoms with Crippen molar-refractivity contribution in [2.45, 2.75) is 64.4 Å². The number of hydrogen-bond donors (Lipinski definition) is 1. The molecule has 2 unspecified atom stereocenters. The number of likely N-dealkylation sites (tertiary alicyclic amines) is 1. The molecule has 6 nitrogen and oxygen atoms in total. The molecule has 0 aromatic heterocycles. The number of aliphatic carboxylic acids is 1. The summed E-state index contributed by atoms with van der Waals surface area (Å²) < 4.78 is 11.4. The normalized spacial score (nSPS) is 23.0. The molecule has 2 atom stereocenters. The summed E-state index contributed by atoms with van der Waals surface area (Å²) in [6.45, 7) is 7.67. The zero-order valence-electron chi connectivity index (χ0n) is 16.5. The summed E-state index contributed by atoms with van der Waals surface area (Å²) in [6.07, 6.45) is 2.99. The average molecular weight is 375 g/mol. The number of allylic oxidation sites excluding steroid dienone is 1. The van der Waals surface area contributed by atoms with Crippen LogP contribution in [0, 0.1) is 0 Å². The number of ether oxygens (including phenoxy) is 2. The van der Waals surface area contributed by atoms with Crippen LogP contribution < -0.4 is 0 Å².